The van der Waals surface area contributed by atoms with Crippen molar-refractivity contribution in [2.45, 2.75) is 99.3 Å². The Hall–Kier alpha value is -1.12. The largest absolute Gasteiger partial charge is 0.512 e. The Balaban J connectivity index is 7.42. The van der Waals surface area contributed by atoms with Crippen molar-refractivity contribution in [3.8, 4) is 0 Å². The molecule has 0 fully saturated rings. The van der Waals surface area contributed by atoms with Crippen molar-refractivity contribution < 1.29 is 86.4 Å². The zero-order valence-corrected chi connectivity index (χ0v) is 24.2. The van der Waals surface area contributed by atoms with Crippen LogP contribution < -0.4 is 0 Å². The van der Waals surface area contributed by atoms with Gasteiger partial charge in [0.1, 0.15) is 6.17 Å². The fourth-order valence-electron chi connectivity index (χ4n) is 3.23. The fourth-order valence-corrected chi connectivity index (χ4v) is 9.45. The Morgan fingerprint density at radius 1 is 0.429 bits per heavy atom. The van der Waals surface area contributed by atoms with Gasteiger partial charge in [0.15, 0.2) is 0 Å². The zero-order valence-electron chi connectivity index (χ0n) is 21.0. The van der Waals surface area contributed by atoms with Crippen LogP contribution in [-0.4, -0.2) is 69.3 Å². The monoisotopic (exact) mass is 728 g/mol. The molecule has 0 aromatic rings. The molecule has 0 heterocycles. The second kappa shape index (κ2) is 13.9. The van der Waals surface area contributed by atoms with Gasteiger partial charge in [0.25, 0.3) is 0 Å². The van der Waals surface area contributed by atoms with Gasteiger partial charge in [-0.1, -0.05) is 72.1 Å². The summed E-state index contributed by atoms with van der Waals surface area (Å²) < 4.78 is 249. The van der Waals surface area contributed by atoms with Crippen molar-refractivity contribution >= 4 is 40.1 Å². The van der Waals surface area contributed by atoms with Crippen molar-refractivity contribution in [3.63, 3.8) is 0 Å². The quantitative estimate of drug-likeness (QED) is 0.119. The van der Waals surface area contributed by atoms with Crippen molar-refractivity contribution in [3.05, 3.63) is 0 Å². The zero-order chi connectivity index (χ0) is 33.8. The van der Waals surface area contributed by atoms with E-state index in [0.717, 1.165) is 19.3 Å². The Kier molecular flexibility index (Phi) is 13.5. The minimum Gasteiger partial charge on any atom is -0.202 e. The summed E-state index contributed by atoms with van der Waals surface area (Å²) in [5.41, 5.74) is -29.0. The van der Waals surface area contributed by atoms with Crippen molar-refractivity contribution in [1.29, 1.82) is 0 Å². The number of sulfonamides is 4. The van der Waals surface area contributed by atoms with Crippen LogP contribution in [0.2, 0.25) is 0 Å². The summed E-state index contributed by atoms with van der Waals surface area (Å²) in [4.78, 5) is 0. The SMILES string of the molecule is CCCCCCCCCCCC(N(S(=O)(=O)C(F)(F)F)S(=O)(=O)C(F)(F)F)N(S(=O)(=O)C(F)(F)F)S(=O)(=O)C(F)(F)F. The van der Waals surface area contributed by atoms with Gasteiger partial charge in [-0.05, 0) is 6.42 Å². The lowest BCUT2D eigenvalue weighted by atomic mass is 10.1. The molecule has 0 aliphatic carbocycles. The van der Waals surface area contributed by atoms with E-state index < -0.39 is 95.0 Å². The summed E-state index contributed by atoms with van der Waals surface area (Å²) in [6.45, 7) is 1.86. The number of halogens is 12. The number of unbranched alkanes of at least 4 members (excludes halogenated alkanes) is 8. The van der Waals surface area contributed by atoms with Crippen LogP contribution >= 0.6 is 0 Å². The third kappa shape index (κ3) is 9.20. The first-order valence-corrected chi connectivity index (χ1v) is 17.0. The summed E-state index contributed by atoms with van der Waals surface area (Å²) in [6, 6.07) is 0. The highest BCUT2D eigenvalue weighted by Gasteiger charge is 2.70. The van der Waals surface area contributed by atoms with Gasteiger partial charge < -0.3 is 0 Å². The summed E-state index contributed by atoms with van der Waals surface area (Å²) in [6.07, 6.45) is -5.60. The third-order valence-electron chi connectivity index (χ3n) is 5.17. The summed E-state index contributed by atoms with van der Waals surface area (Å²) >= 11 is 0. The highest BCUT2D eigenvalue weighted by Crippen LogP contribution is 2.44. The van der Waals surface area contributed by atoms with E-state index in [1.165, 1.54) is 0 Å². The molecule has 10 nitrogen and oxygen atoms in total. The smallest absolute Gasteiger partial charge is 0.202 e. The van der Waals surface area contributed by atoms with E-state index in [1.807, 2.05) is 6.92 Å². The molecular weight excluding hydrogens is 704 g/mol. The van der Waals surface area contributed by atoms with Gasteiger partial charge in [-0.15, -0.1) is 0 Å². The lowest BCUT2D eigenvalue weighted by Gasteiger charge is -2.37. The maximum atomic E-state index is 13.3. The van der Waals surface area contributed by atoms with Gasteiger partial charge in [0.2, 0.25) is 0 Å². The van der Waals surface area contributed by atoms with Crippen LogP contribution in [0, 0.1) is 0 Å². The Labute approximate surface area is 233 Å². The normalized spacial score (nSPS) is 15.2. The second-order valence-corrected chi connectivity index (χ2v) is 16.0. The minimum atomic E-state index is -8.28. The molecule has 0 spiro atoms. The average molecular weight is 729 g/mol. The van der Waals surface area contributed by atoms with E-state index in [9.17, 15) is 86.4 Å². The number of hydrogen-bond donors (Lipinski definition) is 0. The predicted octanol–water partition coefficient (Wildman–Crippen LogP) is 5.24. The number of rotatable bonds is 16. The van der Waals surface area contributed by atoms with Crippen molar-refractivity contribution in [1.82, 2.24) is 7.42 Å². The van der Waals surface area contributed by atoms with E-state index in [-0.39, 0.29) is 12.8 Å². The molecule has 0 radical (unpaired) electrons. The second-order valence-electron chi connectivity index (χ2n) is 8.35. The maximum Gasteiger partial charge on any atom is 0.512 e. The van der Waals surface area contributed by atoms with E-state index in [0.29, 0.717) is 12.8 Å². The molecule has 0 saturated heterocycles. The summed E-state index contributed by atoms with van der Waals surface area (Å²) in [5, 5.41) is 0. The summed E-state index contributed by atoms with van der Waals surface area (Å²) in [7, 11) is -33.1. The highest BCUT2D eigenvalue weighted by molar-refractivity contribution is 8.06. The third-order valence-corrected chi connectivity index (χ3v) is 12.7. The average Bonchev–Trinajstić information content (AvgIpc) is 2.74. The van der Waals surface area contributed by atoms with Gasteiger partial charge in [0, 0.05) is 0 Å². The van der Waals surface area contributed by atoms with Gasteiger partial charge in [0.05, 0.1) is 0 Å². The van der Waals surface area contributed by atoms with Crippen molar-refractivity contribution in [2.75, 3.05) is 0 Å². The molecule has 0 atom stereocenters. The molecule has 0 aliphatic heterocycles. The number of alkyl halides is 12. The molecule has 0 unspecified atom stereocenters. The van der Waals surface area contributed by atoms with Crippen LogP contribution in [0.3, 0.4) is 0 Å². The van der Waals surface area contributed by atoms with Gasteiger partial charge in [-0.25, -0.2) is 33.7 Å². The summed E-state index contributed by atoms with van der Waals surface area (Å²) in [5.74, 6) is 0. The van der Waals surface area contributed by atoms with Crippen LogP contribution in [-0.2, 0) is 40.1 Å². The maximum absolute atomic E-state index is 13.3. The lowest BCUT2D eigenvalue weighted by Crippen LogP contribution is -2.64. The van der Waals surface area contributed by atoms with E-state index in [4.69, 9.17) is 0 Å². The topological polar surface area (TPSA) is 143 Å². The first-order chi connectivity index (χ1) is 18.4. The molecule has 0 N–H and O–H groups in total. The Bertz CT molecular complexity index is 1140. The first-order valence-electron chi connectivity index (χ1n) is 11.3. The van der Waals surface area contributed by atoms with Gasteiger partial charge in [-0.2, -0.15) is 52.7 Å². The standard InChI is InChI=1S/C16H24F12N2O8S4/c1-2-3-4-5-6-7-8-9-10-11-12(29(39(31,32)13(17,18)19)40(33,34)14(20,21)22)30(41(35,36)15(23,24)25)42(37,38)16(26,27)28/h12H,2-11H2,1H3. The minimum absolute atomic E-state index is 0.116. The molecular formula is C16H24F12N2O8S4. The fraction of sp³-hybridized carbons (Fsp3) is 1.00. The molecule has 26 heteroatoms. The molecule has 42 heavy (non-hydrogen) atoms. The highest BCUT2D eigenvalue weighted by atomic mass is 32.3. The van der Waals surface area contributed by atoms with E-state index in [1.54, 1.807) is 0 Å². The van der Waals surface area contributed by atoms with Crippen LogP contribution in [0.4, 0.5) is 52.7 Å². The lowest BCUT2D eigenvalue weighted by molar-refractivity contribution is -0.0604. The molecule has 0 amide bonds. The molecule has 0 aliphatic rings. The number of nitrogens with zero attached hydrogens (tertiary/aromatic N) is 2. The van der Waals surface area contributed by atoms with Crippen molar-refractivity contribution in [2.24, 2.45) is 0 Å². The van der Waals surface area contributed by atoms with E-state index in [2.05, 4.69) is 0 Å². The Morgan fingerprint density at radius 3 is 0.857 bits per heavy atom. The molecule has 254 valence electrons. The van der Waals surface area contributed by atoms with Crippen LogP contribution in [0.5, 0.6) is 0 Å². The molecule has 0 rings (SSSR count). The molecule has 0 saturated carbocycles. The predicted molar refractivity (Wildman–Crippen MR) is 119 cm³/mol. The van der Waals surface area contributed by atoms with Crippen LogP contribution in [0.1, 0.15) is 71.1 Å². The van der Waals surface area contributed by atoms with E-state index >= 15 is 0 Å². The first kappa shape index (κ1) is 40.9. The van der Waals surface area contributed by atoms with Gasteiger partial charge in [-0.3, -0.25) is 0 Å². The van der Waals surface area contributed by atoms with Gasteiger partial charge >= 0.3 is 62.1 Å². The van der Waals surface area contributed by atoms with Crippen LogP contribution in [0.15, 0.2) is 0 Å². The molecule has 0 aromatic heterocycles. The number of hydrogen-bond acceptors (Lipinski definition) is 8. The Morgan fingerprint density at radius 2 is 0.643 bits per heavy atom. The van der Waals surface area contributed by atoms with Crippen LogP contribution in [0.25, 0.3) is 0 Å². The molecule has 0 bridgehead atoms. The molecule has 0 aromatic carbocycles.